The molecule has 0 aliphatic carbocycles. The topological polar surface area (TPSA) is 97.5 Å². The van der Waals surface area contributed by atoms with E-state index < -0.39 is 24.0 Å². The zero-order valence-corrected chi connectivity index (χ0v) is 12.9. The van der Waals surface area contributed by atoms with Crippen LogP contribution in [0.4, 0.5) is 5.69 Å². The highest BCUT2D eigenvalue weighted by Crippen LogP contribution is 2.43. The zero-order chi connectivity index (χ0) is 14.8. The molecule has 1 aromatic rings. The van der Waals surface area contributed by atoms with Crippen molar-refractivity contribution in [3.05, 3.63) is 39.9 Å². The van der Waals surface area contributed by atoms with Crippen LogP contribution in [0.5, 0.6) is 0 Å². The van der Waals surface area contributed by atoms with Gasteiger partial charge in [0.15, 0.2) is 9.84 Å². The molecule has 19 heavy (non-hydrogen) atoms. The maximum atomic E-state index is 11.8. The van der Waals surface area contributed by atoms with Gasteiger partial charge in [0, 0.05) is 12.1 Å². The molecule has 0 saturated carbocycles. The molecule has 0 heterocycles. The number of aliphatic hydroxyl groups is 1. The highest BCUT2D eigenvalue weighted by atomic mass is 79.9. The maximum absolute atomic E-state index is 11.8. The van der Waals surface area contributed by atoms with Gasteiger partial charge in [-0.3, -0.25) is 10.1 Å². The van der Waals surface area contributed by atoms with Crippen LogP contribution in [0.2, 0.25) is 0 Å². The van der Waals surface area contributed by atoms with Gasteiger partial charge in [0.1, 0.15) is 6.10 Å². The van der Waals surface area contributed by atoms with Crippen molar-refractivity contribution in [1.29, 1.82) is 0 Å². The van der Waals surface area contributed by atoms with Crippen LogP contribution in [-0.2, 0) is 9.84 Å². The first-order chi connectivity index (χ1) is 8.63. The Morgan fingerprint density at radius 3 is 2.63 bits per heavy atom. The molecule has 0 spiro atoms. The summed E-state index contributed by atoms with van der Waals surface area (Å²) in [4.78, 5) is 10.00. The second-order valence-electron chi connectivity index (χ2n) is 3.72. The van der Waals surface area contributed by atoms with E-state index in [9.17, 15) is 23.6 Å². The van der Waals surface area contributed by atoms with Gasteiger partial charge < -0.3 is 5.11 Å². The largest absolute Gasteiger partial charge is 0.385 e. The van der Waals surface area contributed by atoms with Crippen LogP contribution < -0.4 is 0 Å². The number of halogens is 2. The summed E-state index contributed by atoms with van der Waals surface area (Å²) < 4.78 is 21.4. The minimum Gasteiger partial charge on any atom is -0.385 e. The van der Waals surface area contributed by atoms with Gasteiger partial charge in [-0.25, -0.2) is 8.42 Å². The number of hydrogen-bond donors (Lipinski definition) is 1. The Balaban J connectivity index is 3.24. The molecule has 106 valence electrons. The number of nitrogens with zero attached hydrogens (tertiary/aromatic N) is 1. The van der Waals surface area contributed by atoms with Crippen LogP contribution in [0.25, 0.3) is 0 Å². The van der Waals surface area contributed by atoms with Gasteiger partial charge in [0.25, 0.3) is 5.69 Å². The number of sulfone groups is 1. The lowest BCUT2D eigenvalue weighted by molar-refractivity contribution is -0.385. The van der Waals surface area contributed by atoms with Crippen molar-refractivity contribution in [1.82, 2.24) is 0 Å². The van der Waals surface area contributed by atoms with Gasteiger partial charge in [0.05, 0.1) is 10.7 Å². The molecule has 0 aliphatic heterocycles. The van der Waals surface area contributed by atoms with Gasteiger partial charge >= 0.3 is 0 Å². The standard InChI is InChI=1S/C10H11BrClNO5S/c1-2-19(17,18)10(11,12)9(14)7-4-3-5-8(6-7)13(15)16/h3-6,9,14H,2H2,1H3/t9-,10-/m1/s1. The minimum absolute atomic E-state index is 0.0399. The van der Waals surface area contributed by atoms with Crippen molar-refractivity contribution in [2.45, 2.75) is 16.1 Å². The summed E-state index contributed by atoms with van der Waals surface area (Å²) in [6.45, 7) is 1.38. The summed E-state index contributed by atoms with van der Waals surface area (Å²) >= 11 is 8.64. The van der Waals surface area contributed by atoms with E-state index in [1.807, 2.05) is 0 Å². The summed E-state index contributed by atoms with van der Waals surface area (Å²) in [5.74, 6) is -0.284. The Labute approximate surface area is 123 Å². The van der Waals surface area contributed by atoms with Crippen LogP contribution in [0.1, 0.15) is 18.6 Å². The third-order valence-corrected chi connectivity index (χ3v) is 7.15. The van der Waals surface area contributed by atoms with Crippen LogP contribution >= 0.6 is 27.5 Å². The molecule has 0 amide bonds. The van der Waals surface area contributed by atoms with E-state index >= 15 is 0 Å². The number of benzene rings is 1. The van der Waals surface area contributed by atoms with E-state index in [1.54, 1.807) is 0 Å². The quantitative estimate of drug-likeness (QED) is 0.486. The van der Waals surface area contributed by atoms with Gasteiger partial charge in [-0.05, 0) is 21.5 Å². The van der Waals surface area contributed by atoms with E-state index in [0.29, 0.717) is 0 Å². The number of non-ortho nitro benzene ring substituents is 1. The monoisotopic (exact) mass is 371 g/mol. The molecule has 2 atom stereocenters. The van der Waals surface area contributed by atoms with Crippen LogP contribution in [0, 0.1) is 10.1 Å². The Hall–Kier alpha value is -0.700. The average Bonchev–Trinajstić information content (AvgIpc) is 2.37. The molecule has 1 rings (SSSR count). The zero-order valence-electron chi connectivity index (χ0n) is 9.79. The lowest BCUT2D eigenvalue weighted by atomic mass is 10.1. The smallest absolute Gasteiger partial charge is 0.269 e. The number of nitro groups is 1. The van der Waals surface area contributed by atoms with E-state index in [0.717, 1.165) is 6.07 Å². The fourth-order valence-corrected chi connectivity index (χ4v) is 3.63. The van der Waals surface area contributed by atoms with Crippen LogP contribution in [-0.4, -0.2) is 27.3 Å². The molecule has 6 nitrogen and oxygen atoms in total. The molecule has 0 unspecified atom stereocenters. The molecular weight excluding hydrogens is 362 g/mol. The number of alkyl halides is 2. The predicted octanol–water partition coefficient (Wildman–Crippen LogP) is 2.35. The summed E-state index contributed by atoms with van der Waals surface area (Å²) in [6.07, 6.45) is -1.64. The second kappa shape index (κ2) is 5.74. The second-order valence-corrected chi connectivity index (χ2v) is 9.22. The number of aliphatic hydroxyl groups excluding tert-OH is 1. The average molecular weight is 373 g/mol. The maximum Gasteiger partial charge on any atom is 0.269 e. The molecule has 0 aromatic heterocycles. The molecule has 1 N–H and O–H groups in total. The number of nitro benzene ring substituents is 1. The molecule has 0 saturated heterocycles. The summed E-state index contributed by atoms with van der Waals surface area (Å²) in [5.41, 5.74) is -0.219. The Morgan fingerprint density at radius 1 is 1.58 bits per heavy atom. The van der Waals surface area contributed by atoms with Gasteiger partial charge in [-0.1, -0.05) is 30.7 Å². The van der Waals surface area contributed by atoms with Crippen molar-refractivity contribution in [3.63, 3.8) is 0 Å². The molecule has 0 radical (unpaired) electrons. The minimum atomic E-state index is -3.82. The molecular formula is C10H11BrClNO5S. The third-order valence-electron chi connectivity index (χ3n) is 2.51. The molecule has 9 heteroatoms. The molecule has 0 aliphatic rings. The third kappa shape index (κ3) is 3.25. The predicted molar refractivity (Wildman–Crippen MR) is 75.0 cm³/mol. The lowest BCUT2D eigenvalue weighted by Gasteiger charge is -2.25. The van der Waals surface area contributed by atoms with E-state index in [4.69, 9.17) is 11.6 Å². The molecule has 0 bridgehead atoms. The van der Waals surface area contributed by atoms with Crippen molar-refractivity contribution < 1.29 is 18.4 Å². The highest BCUT2D eigenvalue weighted by Gasteiger charge is 2.46. The van der Waals surface area contributed by atoms with Crippen molar-refractivity contribution in [2.24, 2.45) is 0 Å². The van der Waals surface area contributed by atoms with Gasteiger partial charge in [-0.15, -0.1) is 0 Å². The summed E-state index contributed by atoms with van der Waals surface area (Å²) in [6, 6.07) is 5.01. The van der Waals surface area contributed by atoms with E-state index in [2.05, 4.69) is 15.9 Å². The first-order valence-corrected chi connectivity index (χ1v) is 7.98. The Kier molecular flexibility index (Phi) is 4.94. The molecule has 0 fully saturated rings. The Bertz CT molecular complexity index is 589. The normalized spacial score (nSPS) is 16.6. The lowest BCUT2D eigenvalue weighted by Crippen LogP contribution is -2.34. The molecule has 1 aromatic carbocycles. The fraction of sp³-hybridized carbons (Fsp3) is 0.400. The summed E-state index contributed by atoms with van der Waals surface area (Å²) in [5, 5.41) is 20.7. The van der Waals surface area contributed by atoms with Gasteiger partial charge in [0.2, 0.25) is 3.12 Å². The summed E-state index contributed by atoms with van der Waals surface area (Å²) in [7, 11) is -3.82. The van der Waals surface area contributed by atoms with Crippen molar-refractivity contribution >= 4 is 43.1 Å². The van der Waals surface area contributed by atoms with Crippen LogP contribution in [0.3, 0.4) is 0 Å². The first-order valence-electron chi connectivity index (χ1n) is 5.16. The fourth-order valence-electron chi connectivity index (χ4n) is 1.36. The first kappa shape index (κ1) is 16.4. The van der Waals surface area contributed by atoms with Crippen molar-refractivity contribution in [3.8, 4) is 0 Å². The van der Waals surface area contributed by atoms with Gasteiger partial charge in [-0.2, -0.15) is 0 Å². The van der Waals surface area contributed by atoms with E-state index in [1.165, 1.54) is 25.1 Å². The Morgan fingerprint density at radius 2 is 2.16 bits per heavy atom. The highest BCUT2D eigenvalue weighted by molar-refractivity contribution is 9.12. The number of rotatable bonds is 5. The van der Waals surface area contributed by atoms with E-state index in [-0.39, 0.29) is 17.0 Å². The van der Waals surface area contributed by atoms with Crippen LogP contribution in [0.15, 0.2) is 24.3 Å². The number of hydrogen-bond acceptors (Lipinski definition) is 5. The SMILES string of the molecule is CCS(=O)(=O)[C@@](Cl)(Br)[C@H](O)c1cccc([N+](=O)[O-])c1. The van der Waals surface area contributed by atoms with Crippen molar-refractivity contribution in [2.75, 3.05) is 5.75 Å².